The van der Waals surface area contributed by atoms with Crippen molar-refractivity contribution in [3.8, 4) is 0 Å². The van der Waals surface area contributed by atoms with Crippen LogP contribution in [0.15, 0.2) is 65.1 Å². The first kappa shape index (κ1) is 21.6. The number of carboxylic acid groups (broad SMARTS) is 1. The van der Waals surface area contributed by atoms with E-state index in [1.54, 1.807) is 30.3 Å². The largest absolute Gasteiger partial charge is 0.478 e. The van der Waals surface area contributed by atoms with Gasteiger partial charge in [-0.15, -0.1) is 0 Å². The quantitative estimate of drug-likeness (QED) is 0.755. The molecule has 0 amide bonds. The van der Waals surface area contributed by atoms with Gasteiger partial charge in [-0.2, -0.15) is 4.31 Å². The first-order valence-corrected chi connectivity index (χ1v) is 11.1. The summed E-state index contributed by atoms with van der Waals surface area (Å²) in [6, 6.07) is 11.9. The summed E-state index contributed by atoms with van der Waals surface area (Å²) in [7, 11) is -2.17. The van der Waals surface area contributed by atoms with Crippen molar-refractivity contribution in [1.82, 2.24) is 4.31 Å². The Labute approximate surface area is 177 Å². The lowest BCUT2D eigenvalue weighted by molar-refractivity contribution is -0.133. The lowest BCUT2D eigenvalue weighted by atomic mass is 9.87. The second-order valence-electron chi connectivity index (χ2n) is 8.32. The SMILES string of the molecule is Bc1ccc(C2C(C(=O)O)=CC(C(C)(C)C)N2S(=O)(=O)c2ccccc2Cl)cc1. The predicted octanol–water partition coefficient (Wildman–Crippen LogP) is 2.77. The molecule has 2 atom stereocenters. The minimum Gasteiger partial charge on any atom is -0.478 e. The molecule has 2 unspecified atom stereocenters. The van der Waals surface area contributed by atoms with E-state index >= 15 is 0 Å². The molecule has 0 radical (unpaired) electrons. The number of nitrogens with zero attached hydrogens (tertiary/aromatic N) is 1. The van der Waals surface area contributed by atoms with Gasteiger partial charge in [0.2, 0.25) is 10.0 Å². The van der Waals surface area contributed by atoms with Gasteiger partial charge in [-0.3, -0.25) is 0 Å². The Kier molecular flexibility index (Phi) is 5.69. The summed E-state index contributed by atoms with van der Waals surface area (Å²) < 4.78 is 28.8. The topological polar surface area (TPSA) is 74.7 Å². The Bertz CT molecular complexity index is 1070. The van der Waals surface area contributed by atoms with Crippen LogP contribution in [0.4, 0.5) is 0 Å². The molecule has 1 aliphatic rings. The zero-order chi connectivity index (χ0) is 21.6. The number of carboxylic acids is 1. The molecule has 2 aromatic rings. The molecule has 0 saturated carbocycles. The van der Waals surface area contributed by atoms with E-state index in [0.29, 0.717) is 5.56 Å². The molecule has 2 aromatic carbocycles. The average molecular weight is 432 g/mol. The summed E-state index contributed by atoms with van der Waals surface area (Å²) in [5.74, 6) is -1.14. The van der Waals surface area contributed by atoms with Gasteiger partial charge < -0.3 is 5.11 Å². The molecule has 0 bridgehead atoms. The van der Waals surface area contributed by atoms with E-state index in [1.165, 1.54) is 16.4 Å². The van der Waals surface area contributed by atoms with E-state index in [1.807, 2.05) is 40.8 Å². The van der Waals surface area contributed by atoms with Crippen LogP contribution in [0.25, 0.3) is 0 Å². The highest BCUT2D eigenvalue weighted by Crippen LogP contribution is 2.46. The van der Waals surface area contributed by atoms with Crippen LogP contribution < -0.4 is 5.46 Å². The molecule has 1 N–H and O–H groups in total. The Morgan fingerprint density at radius 2 is 1.69 bits per heavy atom. The lowest BCUT2D eigenvalue weighted by Gasteiger charge is -2.37. The summed E-state index contributed by atoms with van der Waals surface area (Å²) in [4.78, 5) is 12.1. The van der Waals surface area contributed by atoms with E-state index in [-0.39, 0.29) is 15.5 Å². The molecule has 8 heteroatoms. The van der Waals surface area contributed by atoms with Gasteiger partial charge in [-0.05, 0) is 23.1 Å². The standard InChI is InChI=1S/C21H23BClNO4S/c1-21(2,3)18-12-15(20(25)26)19(13-8-10-14(22)11-9-13)24(18)29(27,28)17-7-5-4-6-16(17)23/h4-12,18-19H,22H2,1-3H3,(H,25,26). The molecular weight excluding hydrogens is 409 g/mol. The smallest absolute Gasteiger partial charge is 0.333 e. The number of rotatable bonds is 4. The number of carbonyl (C=O) groups is 1. The summed E-state index contributed by atoms with van der Waals surface area (Å²) in [6.45, 7) is 5.67. The third-order valence-electron chi connectivity index (χ3n) is 5.08. The van der Waals surface area contributed by atoms with Gasteiger partial charge in [0.15, 0.2) is 0 Å². The number of aliphatic carboxylic acids is 1. The van der Waals surface area contributed by atoms with Crippen molar-refractivity contribution in [3.63, 3.8) is 0 Å². The summed E-state index contributed by atoms with van der Waals surface area (Å²) in [6.07, 6.45) is 1.56. The summed E-state index contributed by atoms with van der Waals surface area (Å²) in [5.41, 5.74) is 1.12. The minimum absolute atomic E-state index is 0.0342. The van der Waals surface area contributed by atoms with Crippen LogP contribution >= 0.6 is 11.6 Å². The minimum atomic E-state index is -4.09. The molecule has 0 aromatic heterocycles. The van der Waals surface area contributed by atoms with Crippen molar-refractivity contribution in [2.24, 2.45) is 5.41 Å². The Morgan fingerprint density at radius 3 is 2.21 bits per heavy atom. The molecule has 0 saturated heterocycles. The van der Waals surface area contributed by atoms with Gasteiger partial charge in [0, 0.05) is 6.04 Å². The molecule has 0 spiro atoms. The fourth-order valence-corrected chi connectivity index (χ4v) is 5.99. The summed E-state index contributed by atoms with van der Waals surface area (Å²) in [5, 5.41) is 9.98. The van der Waals surface area contributed by atoms with Crippen LogP contribution in [0, 0.1) is 5.41 Å². The highest BCUT2D eigenvalue weighted by atomic mass is 35.5. The van der Waals surface area contributed by atoms with Crippen molar-refractivity contribution in [2.75, 3.05) is 0 Å². The zero-order valence-electron chi connectivity index (χ0n) is 16.8. The third-order valence-corrected chi connectivity index (χ3v) is 7.43. The Morgan fingerprint density at radius 1 is 1.10 bits per heavy atom. The van der Waals surface area contributed by atoms with Crippen LogP contribution in [-0.4, -0.2) is 37.7 Å². The van der Waals surface area contributed by atoms with E-state index in [9.17, 15) is 18.3 Å². The van der Waals surface area contributed by atoms with Gasteiger partial charge in [-0.25, -0.2) is 13.2 Å². The first-order valence-electron chi connectivity index (χ1n) is 9.24. The maximum atomic E-state index is 13.7. The van der Waals surface area contributed by atoms with Crippen LogP contribution in [0.5, 0.6) is 0 Å². The van der Waals surface area contributed by atoms with E-state index in [0.717, 1.165) is 5.46 Å². The monoisotopic (exact) mass is 431 g/mol. The summed E-state index contributed by atoms with van der Waals surface area (Å²) >= 11 is 6.22. The normalized spacial score (nSPS) is 20.5. The Hall–Kier alpha value is -2.09. The number of hydrogen-bond donors (Lipinski definition) is 1. The Balaban J connectivity index is 2.27. The van der Waals surface area contributed by atoms with Gasteiger partial charge >= 0.3 is 5.97 Å². The molecular formula is C21H23BClNO4S. The molecule has 5 nitrogen and oxygen atoms in total. The molecule has 152 valence electrons. The van der Waals surface area contributed by atoms with Crippen LogP contribution in [-0.2, 0) is 14.8 Å². The first-order chi connectivity index (χ1) is 13.4. The van der Waals surface area contributed by atoms with Crippen molar-refractivity contribution in [3.05, 3.63) is 70.8 Å². The van der Waals surface area contributed by atoms with Crippen molar-refractivity contribution < 1.29 is 18.3 Å². The fourth-order valence-electron chi connectivity index (χ4n) is 3.58. The zero-order valence-corrected chi connectivity index (χ0v) is 18.3. The lowest BCUT2D eigenvalue weighted by Crippen LogP contribution is -2.45. The maximum Gasteiger partial charge on any atom is 0.333 e. The molecule has 1 aliphatic heterocycles. The van der Waals surface area contributed by atoms with Gasteiger partial charge in [-0.1, -0.05) is 80.3 Å². The third kappa shape index (κ3) is 3.99. The molecule has 0 aliphatic carbocycles. The number of halogens is 1. The maximum absolute atomic E-state index is 13.7. The molecule has 0 fully saturated rings. The highest BCUT2D eigenvalue weighted by molar-refractivity contribution is 7.89. The highest BCUT2D eigenvalue weighted by Gasteiger charge is 2.49. The van der Waals surface area contributed by atoms with E-state index in [4.69, 9.17) is 11.6 Å². The number of sulfonamides is 1. The van der Waals surface area contributed by atoms with Gasteiger partial charge in [0.1, 0.15) is 12.7 Å². The fraction of sp³-hybridized carbons (Fsp3) is 0.286. The van der Waals surface area contributed by atoms with Crippen LogP contribution in [0.1, 0.15) is 32.4 Å². The predicted molar refractivity (Wildman–Crippen MR) is 117 cm³/mol. The number of benzene rings is 2. The van der Waals surface area contributed by atoms with Crippen molar-refractivity contribution in [2.45, 2.75) is 37.8 Å². The van der Waals surface area contributed by atoms with E-state index in [2.05, 4.69) is 0 Å². The van der Waals surface area contributed by atoms with Crippen molar-refractivity contribution in [1.29, 1.82) is 0 Å². The molecule has 1 heterocycles. The average Bonchev–Trinajstić information content (AvgIpc) is 3.04. The van der Waals surface area contributed by atoms with Gasteiger partial charge in [0.05, 0.1) is 16.6 Å². The second kappa shape index (κ2) is 7.63. The van der Waals surface area contributed by atoms with Crippen molar-refractivity contribution >= 4 is 40.9 Å². The van der Waals surface area contributed by atoms with Crippen LogP contribution in [0.3, 0.4) is 0 Å². The molecule has 29 heavy (non-hydrogen) atoms. The van der Waals surface area contributed by atoms with Crippen LogP contribution in [0.2, 0.25) is 5.02 Å². The molecule has 3 rings (SSSR count). The van der Waals surface area contributed by atoms with E-state index < -0.39 is 33.5 Å². The van der Waals surface area contributed by atoms with Gasteiger partial charge in [0.25, 0.3) is 0 Å². The number of hydrogen-bond acceptors (Lipinski definition) is 3. The second-order valence-corrected chi connectivity index (χ2v) is 10.5.